The SMILES string of the molecule is O=C(OC(=O)C(Cl)Cl)OC(=O)C(Cl)Cl. The summed E-state index contributed by atoms with van der Waals surface area (Å²) in [7, 11) is 0. The Morgan fingerprint density at radius 1 is 0.786 bits per heavy atom. The molecule has 0 amide bonds. The van der Waals surface area contributed by atoms with E-state index in [9.17, 15) is 14.4 Å². The van der Waals surface area contributed by atoms with E-state index in [-0.39, 0.29) is 0 Å². The molecule has 0 heterocycles. The molecule has 0 spiro atoms. The van der Waals surface area contributed by atoms with Crippen LogP contribution in [0, 0.1) is 0 Å². The molecule has 0 N–H and O–H groups in total. The first-order valence-corrected chi connectivity index (χ1v) is 4.62. The summed E-state index contributed by atoms with van der Waals surface area (Å²) < 4.78 is 7.66. The fraction of sp³-hybridized carbons (Fsp3) is 0.400. The number of hydrogen-bond donors (Lipinski definition) is 0. The Bertz CT molecular complexity index is 227. The van der Waals surface area contributed by atoms with E-state index in [4.69, 9.17) is 46.4 Å². The van der Waals surface area contributed by atoms with Crippen molar-refractivity contribution in [2.24, 2.45) is 0 Å². The van der Waals surface area contributed by atoms with Gasteiger partial charge in [0.15, 0.2) is 0 Å². The summed E-state index contributed by atoms with van der Waals surface area (Å²) in [4.78, 5) is 28.5. The number of alkyl halides is 4. The van der Waals surface area contributed by atoms with Gasteiger partial charge < -0.3 is 9.47 Å². The molecule has 0 aromatic heterocycles. The van der Waals surface area contributed by atoms with Gasteiger partial charge in [0, 0.05) is 0 Å². The highest BCUT2D eigenvalue weighted by molar-refractivity contribution is 6.53. The third kappa shape index (κ3) is 5.49. The normalized spacial score (nSPS) is 10.1. The van der Waals surface area contributed by atoms with Crippen LogP contribution in [0.1, 0.15) is 0 Å². The van der Waals surface area contributed by atoms with Crippen LogP contribution in [0.3, 0.4) is 0 Å². The zero-order valence-corrected chi connectivity index (χ0v) is 9.23. The minimum atomic E-state index is -1.60. The topological polar surface area (TPSA) is 69.7 Å². The Balaban J connectivity index is 4.00. The maximum atomic E-state index is 10.6. The van der Waals surface area contributed by atoms with Gasteiger partial charge in [0.25, 0.3) is 0 Å². The molecule has 0 saturated carbocycles. The Morgan fingerprint density at radius 2 is 1.07 bits per heavy atom. The smallest absolute Gasteiger partial charge is 0.358 e. The second kappa shape index (κ2) is 6.29. The predicted molar refractivity (Wildman–Crippen MR) is 48.6 cm³/mol. The van der Waals surface area contributed by atoms with Gasteiger partial charge in [-0.25, -0.2) is 14.4 Å². The van der Waals surface area contributed by atoms with Crippen LogP contribution in [0.5, 0.6) is 0 Å². The number of halogens is 4. The van der Waals surface area contributed by atoms with Gasteiger partial charge in [0.2, 0.25) is 9.67 Å². The average Bonchev–Trinajstić information content (AvgIpc) is 2.03. The summed E-state index contributed by atoms with van der Waals surface area (Å²) in [5.74, 6) is -2.54. The van der Waals surface area contributed by atoms with Crippen molar-refractivity contribution in [1.82, 2.24) is 0 Å². The summed E-state index contributed by atoms with van der Waals surface area (Å²) in [6.45, 7) is 0. The van der Waals surface area contributed by atoms with Crippen LogP contribution < -0.4 is 0 Å². The molecule has 5 nitrogen and oxygen atoms in total. The summed E-state index contributed by atoms with van der Waals surface area (Å²) in [5, 5.41) is 0. The van der Waals surface area contributed by atoms with Crippen molar-refractivity contribution in [3.63, 3.8) is 0 Å². The van der Waals surface area contributed by atoms with E-state index in [1.165, 1.54) is 0 Å². The van der Waals surface area contributed by atoms with E-state index in [2.05, 4.69) is 9.47 Å². The Morgan fingerprint density at radius 3 is 1.29 bits per heavy atom. The maximum absolute atomic E-state index is 10.6. The van der Waals surface area contributed by atoms with E-state index in [1.807, 2.05) is 0 Å². The maximum Gasteiger partial charge on any atom is 0.524 e. The molecule has 0 saturated heterocycles. The first kappa shape index (κ1) is 13.8. The molecule has 0 unspecified atom stereocenters. The first-order valence-electron chi connectivity index (χ1n) is 2.88. The lowest BCUT2D eigenvalue weighted by molar-refractivity contribution is -0.144. The molecular weight excluding hydrogens is 282 g/mol. The lowest BCUT2D eigenvalue weighted by atomic mass is 10.8. The standard InChI is InChI=1S/C5H2Cl4O5/c6-1(7)3(10)13-5(12)14-4(11)2(8)9/h1-2H. The molecule has 14 heavy (non-hydrogen) atoms. The quantitative estimate of drug-likeness (QED) is 0.439. The summed E-state index contributed by atoms with van der Waals surface area (Å²) in [6.07, 6.45) is -1.60. The van der Waals surface area contributed by atoms with Gasteiger partial charge in [-0.1, -0.05) is 46.4 Å². The summed E-state index contributed by atoms with van der Waals surface area (Å²) in [6, 6.07) is 0. The van der Waals surface area contributed by atoms with Crippen LogP contribution in [-0.4, -0.2) is 27.8 Å². The zero-order valence-electron chi connectivity index (χ0n) is 6.21. The molecule has 0 atom stereocenters. The molecule has 80 valence electrons. The van der Waals surface area contributed by atoms with Crippen LogP contribution in [0.4, 0.5) is 4.79 Å². The Labute approximate surface area is 98.1 Å². The van der Waals surface area contributed by atoms with Crippen molar-refractivity contribution in [3.8, 4) is 0 Å². The molecule has 9 heteroatoms. The van der Waals surface area contributed by atoms with E-state index in [1.54, 1.807) is 0 Å². The van der Waals surface area contributed by atoms with Crippen molar-refractivity contribution in [2.75, 3.05) is 0 Å². The molecule has 0 radical (unpaired) electrons. The van der Waals surface area contributed by atoms with Crippen LogP contribution >= 0.6 is 46.4 Å². The number of ether oxygens (including phenoxy) is 2. The number of rotatable bonds is 2. The molecule has 0 aromatic rings. The zero-order chi connectivity index (χ0) is 11.3. The summed E-state index contributed by atoms with van der Waals surface area (Å²) >= 11 is 20.1. The van der Waals surface area contributed by atoms with E-state index < -0.39 is 27.8 Å². The number of carbonyl (C=O) groups is 3. The predicted octanol–water partition coefficient (Wildman–Crippen LogP) is 1.80. The molecular formula is C5H2Cl4O5. The second-order valence-electron chi connectivity index (χ2n) is 1.69. The monoisotopic (exact) mass is 282 g/mol. The van der Waals surface area contributed by atoms with Crippen LogP contribution in [0.2, 0.25) is 0 Å². The molecule has 0 aliphatic heterocycles. The molecule has 0 aliphatic rings. The first-order chi connectivity index (χ1) is 6.34. The van der Waals surface area contributed by atoms with Gasteiger partial charge in [-0.15, -0.1) is 0 Å². The molecule has 0 fully saturated rings. The molecule has 0 aromatic carbocycles. The van der Waals surface area contributed by atoms with Crippen LogP contribution in [0.15, 0.2) is 0 Å². The van der Waals surface area contributed by atoms with Gasteiger partial charge in [0.05, 0.1) is 0 Å². The highest BCUT2D eigenvalue weighted by Gasteiger charge is 2.23. The lowest BCUT2D eigenvalue weighted by Gasteiger charge is -2.03. The Hall–Kier alpha value is -0.230. The van der Waals surface area contributed by atoms with Crippen molar-refractivity contribution in [3.05, 3.63) is 0 Å². The minimum Gasteiger partial charge on any atom is -0.358 e. The van der Waals surface area contributed by atoms with E-state index in [0.717, 1.165) is 0 Å². The van der Waals surface area contributed by atoms with Crippen molar-refractivity contribution in [2.45, 2.75) is 9.67 Å². The van der Waals surface area contributed by atoms with Gasteiger partial charge in [0.1, 0.15) is 0 Å². The van der Waals surface area contributed by atoms with Crippen LogP contribution in [0.25, 0.3) is 0 Å². The van der Waals surface area contributed by atoms with Gasteiger partial charge >= 0.3 is 18.1 Å². The van der Waals surface area contributed by atoms with Crippen LogP contribution in [-0.2, 0) is 19.1 Å². The fourth-order valence-electron chi connectivity index (χ4n) is 0.274. The van der Waals surface area contributed by atoms with Gasteiger partial charge in [-0.2, -0.15) is 0 Å². The highest BCUT2D eigenvalue weighted by Crippen LogP contribution is 2.07. The van der Waals surface area contributed by atoms with E-state index >= 15 is 0 Å². The Kier molecular flexibility index (Phi) is 6.19. The van der Waals surface area contributed by atoms with E-state index in [0.29, 0.717) is 0 Å². The average molecular weight is 284 g/mol. The largest absolute Gasteiger partial charge is 0.524 e. The number of hydrogen-bond acceptors (Lipinski definition) is 5. The fourth-order valence-corrected chi connectivity index (χ4v) is 0.452. The van der Waals surface area contributed by atoms with Gasteiger partial charge in [-0.3, -0.25) is 0 Å². The highest BCUT2D eigenvalue weighted by atomic mass is 35.5. The molecule has 0 rings (SSSR count). The molecule has 0 bridgehead atoms. The lowest BCUT2D eigenvalue weighted by Crippen LogP contribution is -2.23. The van der Waals surface area contributed by atoms with Crippen molar-refractivity contribution in [1.29, 1.82) is 0 Å². The number of esters is 2. The van der Waals surface area contributed by atoms with Crippen molar-refractivity contribution >= 4 is 64.5 Å². The molecule has 0 aliphatic carbocycles. The van der Waals surface area contributed by atoms with Crippen molar-refractivity contribution < 1.29 is 23.9 Å². The number of carbonyl (C=O) groups excluding carboxylic acids is 3. The third-order valence-electron chi connectivity index (χ3n) is 0.724. The second-order valence-corrected chi connectivity index (χ2v) is 3.89. The third-order valence-corrected chi connectivity index (χ3v) is 1.44. The summed E-state index contributed by atoms with van der Waals surface area (Å²) in [5.41, 5.74) is 0. The van der Waals surface area contributed by atoms with Gasteiger partial charge in [-0.05, 0) is 0 Å². The minimum absolute atomic E-state index is 1.27.